The number of hydrogen-bond donors (Lipinski definition) is 2. The lowest BCUT2D eigenvalue weighted by Gasteiger charge is -2.16. The van der Waals surface area contributed by atoms with Gasteiger partial charge in [0.15, 0.2) is 17.1 Å². The summed E-state index contributed by atoms with van der Waals surface area (Å²) in [4.78, 5) is 4.81. The molecule has 0 atom stereocenters. The number of aromatic hydroxyl groups is 1. The number of fused-ring (bicyclic) bond motifs is 3. The van der Waals surface area contributed by atoms with Gasteiger partial charge in [0.1, 0.15) is 19.0 Å². The summed E-state index contributed by atoms with van der Waals surface area (Å²) < 4.78 is 22.2. The van der Waals surface area contributed by atoms with E-state index in [0.717, 1.165) is 27.4 Å². The topological polar surface area (TPSA) is 98.7 Å². The molecule has 0 radical (unpaired) electrons. The van der Waals surface area contributed by atoms with Crippen molar-refractivity contribution >= 4 is 45.8 Å². The summed E-state index contributed by atoms with van der Waals surface area (Å²) in [5, 5.41) is 20.1. The predicted molar refractivity (Wildman–Crippen MR) is 130 cm³/mol. The van der Waals surface area contributed by atoms with Crippen LogP contribution >= 0.6 is 24.0 Å². The second kappa shape index (κ2) is 10.9. The summed E-state index contributed by atoms with van der Waals surface area (Å²) in [6.07, 6.45) is 0. The molecule has 0 saturated carbocycles. The number of aromatic nitrogens is 3. The highest BCUT2D eigenvalue weighted by atomic mass is 35.5. The Morgan fingerprint density at radius 2 is 1.58 bits per heavy atom. The number of H-pyrrole nitrogens is 1. The number of rotatable bonds is 9. The molecule has 0 spiro atoms. The summed E-state index contributed by atoms with van der Waals surface area (Å²) >= 11 is 6.18. The molecule has 10 heteroatoms. The molecule has 0 fully saturated rings. The Bertz CT molecular complexity index is 1260. The van der Waals surface area contributed by atoms with Crippen molar-refractivity contribution in [1.29, 1.82) is 0 Å². The highest BCUT2D eigenvalue weighted by molar-refractivity contribution is 6.32. The minimum Gasteiger partial charge on any atom is -0.506 e. The maximum absolute atomic E-state index is 9.86. The minimum atomic E-state index is 0. The van der Waals surface area contributed by atoms with E-state index in [1.807, 2.05) is 19.1 Å². The molecular weight excluding hydrogens is 469 g/mol. The van der Waals surface area contributed by atoms with Crippen LogP contribution in [0.1, 0.15) is 5.69 Å². The van der Waals surface area contributed by atoms with Gasteiger partial charge in [0, 0.05) is 35.9 Å². The van der Waals surface area contributed by atoms with Crippen LogP contribution in [0.3, 0.4) is 0 Å². The number of pyridine rings is 1. The SMILES string of the molecule is COCCOc1cc2c(-c3ccc(O)c(Cl)c3)nc3[nH]nc(C)c3c2cc1OCCOC.Cl. The van der Waals surface area contributed by atoms with Gasteiger partial charge in [-0.15, -0.1) is 12.4 Å². The number of phenolic OH excluding ortho intramolecular Hbond substituents is 1. The average Bonchev–Trinajstić information content (AvgIpc) is 3.16. The largest absolute Gasteiger partial charge is 0.506 e. The van der Waals surface area contributed by atoms with Crippen molar-refractivity contribution in [3.63, 3.8) is 0 Å². The van der Waals surface area contributed by atoms with Crippen LogP contribution in [-0.2, 0) is 9.47 Å². The molecule has 0 aliphatic rings. The van der Waals surface area contributed by atoms with E-state index in [1.54, 1.807) is 32.4 Å². The van der Waals surface area contributed by atoms with Crippen LogP contribution < -0.4 is 9.47 Å². The molecule has 0 aliphatic carbocycles. The van der Waals surface area contributed by atoms with Crippen LogP contribution in [0.15, 0.2) is 30.3 Å². The van der Waals surface area contributed by atoms with Crippen LogP contribution in [0.4, 0.5) is 0 Å². The first-order valence-corrected chi connectivity index (χ1v) is 10.5. The van der Waals surface area contributed by atoms with E-state index in [9.17, 15) is 5.11 Å². The molecule has 2 heterocycles. The Labute approximate surface area is 202 Å². The van der Waals surface area contributed by atoms with Crippen LogP contribution in [0.5, 0.6) is 17.2 Å². The summed E-state index contributed by atoms with van der Waals surface area (Å²) in [5.41, 5.74) is 2.90. The highest BCUT2D eigenvalue weighted by Crippen LogP contribution is 2.41. The van der Waals surface area contributed by atoms with Gasteiger partial charge in [-0.05, 0) is 37.3 Å². The molecular formula is C23H25Cl2N3O5. The number of nitrogens with zero attached hydrogens (tertiary/aromatic N) is 2. The van der Waals surface area contributed by atoms with Crippen LogP contribution in [-0.4, -0.2) is 60.9 Å². The van der Waals surface area contributed by atoms with Crippen molar-refractivity contribution in [3.8, 4) is 28.5 Å². The molecule has 2 N–H and O–H groups in total. The second-order valence-corrected chi connectivity index (χ2v) is 7.59. The standard InChI is InChI=1S/C23H24ClN3O5.ClH/c1-13-21-15-11-19(31-8-6-29-2)20(32-9-7-30-3)12-16(15)22(25-23(21)27-26-13)14-4-5-18(28)17(24)10-14;/h4-5,10-12,28H,6-9H2,1-3H3,(H,25,26,27);1H. The Morgan fingerprint density at radius 3 is 2.18 bits per heavy atom. The minimum absolute atomic E-state index is 0. The van der Waals surface area contributed by atoms with Crippen LogP contribution in [0.2, 0.25) is 5.02 Å². The first kappa shape index (κ1) is 24.9. The van der Waals surface area contributed by atoms with Gasteiger partial charge in [-0.25, -0.2) is 4.98 Å². The van der Waals surface area contributed by atoms with Gasteiger partial charge < -0.3 is 24.1 Å². The number of aryl methyl sites for hydroxylation is 1. The number of hydrogen-bond acceptors (Lipinski definition) is 7. The van der Waals surface area contributed by atoms with Crippen molar-refractivity contribution < 1.29 is 24.1 Å². The average molecular weight is 494 g/mol. The van der Waals surface area contributed by atoms with E-state index >= 15 is 0 Å². The van der Waals surface area contributed by atoms with Crippen molar-refractivity contribution in [2.75, 3.05) is 40.6 Å². The molecule has 0 unspecified atom stereocenters. The quantitative estimate of drug-likeness (QED) is 0.319. The lowest BCUT2D eigenvalue weighted by atomic mass is 10.00. The zero-order valence-corrected chi connectivity index (χ0v) is 20.0. The summed E-state index contributed by atoms with van der Waals surface area (Å²) in [6, 6.07) is 8.84. The highest BCUT2D eigenvalue weighted by Gasteiger charge is 2.19. The number of halogens is 2. The monoisotopic (exact) mass is 493 g/mol. The molecule has 33 heavy (non-hydrogen) atoms. The number of aromatic amines is 1. The fourth-order valence-corrected chi connectivity index (χ4v) is 3.71. The molecule has 0 aliphatic heterocycles. The fourth-order valence-electron chi connectivity index (χ4n) is 3.53. The molecule has 0 saturated heterocycles. The summed E-state index contributed by atoms with van der Waals surface area (Å²) in [7, 11) is 3.24. The molecule has 176 valence electrons. The first-order chi connectivity index (χ1) is 15.5. The summed E-state index contributed by atoms with van der Waals surface area (Å²) in [5.74, 6) is 1.17. The Balaban J connectivity index is 0.00000306. The zero-order chi connectivity index (χ0) is 22.7. The maximum atomic E-state index is 9.86. The van der Waals surface area contributed by atoms with E-state index in [2.05, 4.69) is 10.2 Å². The number of methoxy groups -OCH3 is 2. The van der Waals surface area contributed by atoms with Crippen molar-refractivity contribution in [2.45, 2.75) is 6.92 Å². The van der Waals surface area contributed by atoms with Gasteiger partial charge >= 0.3 is 0 Å². The van der Waals surface area contributed by atoms with E-state index in [1.165, 1.54) is 0 Å². The van der Waals surface area contributed by atoms with Crippen LogP contribution in [0.25, 0.3) is 33.1 Å². The van der Waals surface area contributed by atoms with E-state index in [-0.39, 0.29) is 23.2 Å². The van der Waals surface area contributed by atoms with E-state index in [4.69, 9.17) is 35.5 Å². The van der Waals surface area contributed by atoms with Gasteiger partial charge in [-0.1, -0.05) is 11.6 Å². The third kappa shape index (κ3) is 5.09. The molecule has 2 aromatic carbocycles. The Hall–Kier alpha value is -2.78. The van der Waals surface area contributed by atoms with Gasteiger partial charge in [-0.2, -0.15) is 5.10 Å². The van der Waals surface area contributed by atoms with Gasteiger partial charge in [0.25, 0.3) is 0 Å². The second-order valence-electron chi connectivity index (χ2n) is 7.19. The Morgan fingerprint density at radius 1 is 0.939 bits per heavy atom. The lowest BCUT2D eigenvalue weighted by molar-refractivity contribution is 0.132. The number of benzene rings is 2. The van der Waals surface area contributed by atoms with Crippen molar-refractivity contribution in [1.82, 2.24) is 15.2 Å². The smallest absolute Gasteiger partial charge is 0.162 e. The maximum Gasteiger partial charge on any atom is 0.162 e. The lowest BCUT2D eigenvalue weighted by Crippen LogP contribution is -2.08. The molecule has 2 aromatic heterocycles. The predicted octanol–water partition coefficient (Wildman–Crippen LogP) is 4.92. The summed E-state index contributed by atoms with van der Waals surface area (Å²) in [6.45, 7) is 3.55. The van der Waals surface area contributed by atoms with Crippen molar-refractivity contribution in [2.24, 2.45) is 0 Å². The molecule has 0 bridgehead atoms. The van der Waals surface area contributed by atoms with Gasteiger partial charge in [0.05, 0.1) is 29.6 Å². The first-order valence-electron chi connectivity index (χ1n) is 10.1. The van der Waals surface area contributed by atoms with E-state index in [0.29, 0.717) is 49.3 Å². The third-order valence-corrected chi connectivity index (χ3v) is 5.37. The fraction of sp³-hybridized carbons (Fsp3) is 0.304. The molecule has 4 aromatic rings. The number of nitrogens with one attached hydrogen (secondary N) is 1. The van der Waals surface area contributed by atoms with E-state index < -0.39 is 0 Å². The molecule has 8 nitrogen and oxygen atoms in total. The molecule has 4 rings (SSSR count). The normalized spacial score (nSPS) is 11.0. The number of phenols is 1. The van der Waals surface area contributed by atoms with Gasteiger partial charge in [0.2, 0.25) is 0 Å². The van der Waals surface area contributed by atoms with Crippen molar-refractivity contribution in [3.05, 3.63) is 41.0 Å². The third-order valence-electron chi connectivity index (χ3n) is 5.07. The Kier molecular flexibility index (Phi) is 8.20. The number of ether oxygens (including phenoxy) is 4. The molecule has 0 amide bonds. The zero-order valence-electron chi connectivity index (χ0n) is 18.5. The van der Waals surface area contributed by atoms with Gasteiger partial charge in [-0.3, -0.25) is 5.10 Å². The van der Waals surface area contributed by atoms with Crippen LogP contribution in [0, 0.1) is 6.92 Å².